The van der Waals surface area contributed by atoms with Crippen molar-refractivity contribution in [2.24, 2.45) is 5.92 Å². The highest BCUT2D eigenvalue weighted by Crippen LogP contribution is 2.31. The minimum Gasteiger partial charge on any atom is -0.481 e. The fourth-order valence-electron chi connectivity index (χ4n) is 2.32. The van der Waals surface area contributed by atoms with E-state index in [0.717, 1.165) is 4.90 Å². The molecule has 0 amide bonds. The number of hydrogen-bond acceptors (Lipinski definition) is 5. The summed E-state index contributed by atoms with van der Waals surface area (Å²) in [6.45, 7) is -0.0517. The second kappa shape index (κ2) is 5.60. The van der Waals surface area contributed by atoms with Crippen molar-refractivity contribution >= 4 is 17.3 Å². The zero-order valence-corrected chi connectivity index (χ0v) is 11.0. The molecule has 1 fully saturated rings. The van der Waals surface area contributed by atoms with Crippen LogP contribution in [0.15, 0.2) is 12.1 Å². The fourth-order valence-corrected chi connectivity index (χ4v) is 2.32. The summed E-state index contributed by atoms with van der Waals surface area (Å²) in [6.07, 6.45) is 0. The molecule has 2 unspecified atom stereocenters. The van der Waals surface area contributed by atoms with Crippen molar-refractivity contribution in [1.82, 2.24) is 0 Å². The van der Waals surface area contributed by atoms with Crippen LogP contribution in [0.2, 0.25) is 0 Å². The van der Waals surface area contributed by atoms with Crippen LogP contribution in [0.25, 0.3) is 0 Å². The Hall–Kier alpha value is -2.29. The highest BCUT2D eigenvalue weighted by atomic mass is 19.1. The molecule has 1 N–H and O–H groups in total. The molecule has 21 heavy (non-hydrogen) atoms. The third-order valence-electron chi connectivity index (χ3n) is 3.43. The maximum absolute atomic E-state index is 13.9. The van der Waals surface area contributed by atoms with E-state index in [1.165, 1.54) is 7.05 Å². The van der Waals surface area contributed by atoms with E-state index in [4.69, 9.17) is 9.84 Å². The third-order valence-corrected chi connectivity index (χ3v) is 3.43. The number of carboxylic acids is 1. The van der Waals surface area contributed by atoms with Crippen molar-refractivity contribution in [1.29, 1.82) is 0 Å². The summed E-state index contributed by atoms with van der Waals surface area (Å²) in [5, 5.41) is 19.6. The van der Waals surface area contributed by atoms with Crippen molar-refractivity contribution in [2.75, 3.05) is 25.2 Å². The van der Waals surface area contributed by atoms with Gasteiger partial charge in [0.2, 0.25) is 0 Å². The quantitative estimate of drug-likeness (QED) is 0.667. The van der Waals surface area contributed by atoms with E-state index in [9.17, 15) is 23.7 Å². The molecule has 0 aliphatic carbocycles. The fraction of sp³-hybridized carbons (Fsp3) is 0.417. The van der Waals surface area contributed by atoms with Crippen molar-refractivity contribution in [3.8, 4) is 0 Å². The van der Waals surface area contributed by atoms with Crippen LogP contribution < -0.4 is 4.90 Å². The Labute approximate surface area is 117 Å². The minimum atomic E-state index is -1.13. The molecule has 0 aromatic heterocycles. The summed E-state index contributed by atoms with van der Waals surface area (Å²) >= 11 is 0. The number of hydrogen-bond donors (Lipinski definition) is 1. The van der Waals surface area contributed by atoms with E-state index in [1.807, 2.05) is 0 Å². The Morgan fingerprint density at radius 3 is 2.48 bits per heavy atom. The largest absolute Gasteiger partial charge is 0.481 e. The highest BCUT2D eigenvalue weighted by Gasteiger charge is 2.38. The van der Waals surface area contributed by atoms with Crippen molar-refractivity contribution in [3.63, 3.8) is 0 Å². The Morgan fingerprint density at radius 2 is 2.00 bits per heavy atom. The van der Waals surface area contributed by atoms with Gasteiger partial charge in [0.1, 0.15) is 11.6 Å². The number of rotatable bonds is 4. The lowest BCUT2D eigenvalue weighted by Crippen LogP contribution is -2.41. The van der Waals surface area contributed by atoms with Gasteiger partial charge in [0.05, 0.1) is 36.3 Å². The smallest absolute Gasteiger partial charge is 0.311 e. The zero-order chi connectivity index (χ0) is 15.7. The van der Waals surface area contributed by atoms with Crippen LogP contribution in [0.4, 0.5) is 20.2 Å². The van der Waals surface area contributed by atoms with Crippen LogP contribution in [-0.2, 0) is 9.53 Å². The predicted molar refractivity (Wildman–Crippen MR) is 67.1 cm³/mol. The van der Waals surface area contributed by atoms with Crippen LogP contribution in [0.3, 0.4) is 0 Å². The Morgan fingerprint density at radius 1 is 1.43 bits per heavy atom. The van der Waals surface area contributed by atoms with E-state index >= 15 is 0 Å². The predicted octanol–water partition coefficient (Wildman–Crippen LogP) is 1.41. The minimum absolute atomic E-state index is 0.00331. The van der Waals surface area contributed by atoms with Gasteiger partial charge in [0, 0.05) is 7.05 Å². The first-order valence-corrected chi connectivity index (χ1v) is 5.99. The number of ether oxygens (including phenoxy) is 1. The number of likely N-dealkylation sites (N-methyl/N-ethyl adjacent to an activating group) is 1. The van der Waals surface area contributed by atoms with Crippen molar-refractivity contribution in [3.05, 3.63) is 33.9 Å². The lowest BCUT2D eigenvalue weighted by atomic mass is 10.0. The first-order chi connectivity index (χ1) is 9.82. The number of carboxylic acid groups (broad SMARTS) is 1. The monoisotopic (exact) mass is 302 g/mol. The SMILES string of the molecule is CN(c1c(F)cc([N+](=O)[O-])cc1F)C1COCC1C(=O)O. The number of nitro groups is 1. The average Bonchev–Trinajstić information content (AvgIpc) is 2.86. The number of non-ortho nitro benzene ring substituents is 1. The van der Waals surface area contributed by atoms with E-state index in [1.54, 1.807) is 0 Å². The van der Waals surface area contributed by atoms with E-state index < -0.39 is 45.9 Å². The van der Waals surface area contributed by atoms with E-state index in [2.05, 4.69) is 0 Å². The van der Waals surface area contributed by atoms with Crippen LogP contribution >= 0.6 is 0 Å². The van der Waals surface area contributed by atoms with Gasteiger partial charge in [-0.1, -0.05) is 0 Å². The van der Waals surface area contributed by atoms with Crippen LogP contribution in [0.1, 0.15) is 0 Å². The number of benzene rings is 1. The first-order valence-electron chi connectivity index (χ1n) is 5.99. The first kappa shape index (κ1) is 15.1. The maximum Gasteiger partial charge on any atom is 0.311 e. The second-order valence-corrected chi connectivity index (χ2v) is 4.68. The number of nitro benzene ring substituents is 1. The summed E-state index contributed by atoms with van der Waals surface area (Å²) in [7, 11) is 1.32. The Balaban J connectivity index is 2.37. The molecule has 9 heteroatoms. The van der Waals surface area contributed by atoms with Crippen LogP contribution in [0, 0.1) is 27.7 Å². The molecule has 2 rings (SSSR count). The number of aliphatic carboxylic acids is 1. The molecule has 7 nitrogen and oxygen atoms in total. The normalized spacial score (nSPS) is 21.3. The molecular formula is C12H12F2N2O5. The van der Waals surface area contributed by atoms with Gasteiger partial charge in [-0.25, -0.2) is 8.78 Å². The van der Waals surface area contributed by atoms with Gasteiger partial charge in [-0.15, -0.1) is 0 Å². The second-order valence-electron chi connectivity index (χ2n) is 4.68. The molecule has 0 bridgehead atoms. The molecule has 0 spiro atoms. The van der Waals surface area contributed by atoms with Gasteiger partial charge >= 0.3 is 5.97 Å². The van der Waals surface area contributed by atoms with Crippen LogP contribution in [0.5, 0.6) is 0 Å². The number of halogens is 2. The molecule has 114 valence electrons. The molecule has 1 aromatic carbocycles. The molecule has 0 saturated carbocycles. The lowest BCUT2D eigenvalue weighted by Gasteiger charge is -2.28. The number of anilines is 1. The number of carbonyl (C=O) groups is 1. The van der Waals surface area contributed by atoms with E-state index in [0.29, 0.717) is 12.1 Å². The molecule has 1 heterocycles. The topological polar surface area (TPSA) is 92.9 Å². The summed E-state index contributed by atoms with van der Waals surface area (Å²) in [5.74, 6) is -4.31. The summed E-state index contributed by atoms with van der Waals surface area (Å²) < 4.78 is 32.9. The molecule has 2 atom stereocenters. The van der Waals surface area contributed by atoms with Crippen LogP contribution in [-0.4, -0.2) is 42.3 Å². The lowest BCUT2D eigenvalue weighted by molar-refractivity contribution is -0.385. The molecular weight excluding hydrogens is 290 g/mol. The van der Waals surface area contributed by atoms with Gasteiger partial charge < -0.3 is 14.7 Å². The zero-order valence-electron chi connectivity index (χ0n) is 11.0. The molecule has 1 aliphatic rings. The molecule has 1 aliphatic heterocycles. The summed E-state index contributed by atoms with van der Waals surface area (Å²) in [5.41, 5.74) is -1.22. The van der Waals surface area contributed by atoms with Gasteiger partial charge in [-0.2, -0.15) is 0 Å². The summed E-state index contributed by atoms with van der Waals surface area (Å²) in [6, 6.07) is 0.439. The van der Waals surface area contributed by atoms with Gasteiger partial charge in [0.15, 0.2) is 11.6 Å². The van der Waals surface area contributed by atoms with Crippen molar-refractivity contribution < 1.29 is 28.3 Å². The summed E-state index contributed by atoms with van der Waals surface area (Å²) in [4.78, 5) is 21.8. The Kier molecular flexibility index (Phi) is 4.03. The standard InChI is InChI=1S/C12H12F2N2O5/c1-15(10-5-21-4-7(10)12(17)18)11-8(13)2-6(16(19)20)3-9(11)14/h2-3,7,10H,4-5H2,1H3,(H,17,18). The van der Waals surface area contributed by atoms with Gasteiger partial charge in [0.25, 0.3) is 5.69 Å². The average molecular weight is 302 g/mol. The Bertz CT molecular complexity index is 572. The molecule has 1 saturated heterocycles. The van der Waals surface area contributed by atoms with E-state index in [-0.39, 0.29) is 13.2 Å². The third kappa shape index (κ3) is 2.77. The maximum atomic E-state index is 13.9. The van der Waals surface area contributed by atoms with Gasteiger partial charge in [-0.3, -0.25) is 14.9 Å². The van der Waals surface area contributed by atoms with Gasteiger partial charge in [-0.05, 0) is 0 Å². The highest BCUT2D eigenvalue weighted by molar-refractivity contribution is 5.72. The van der Waals surface area contributed by atoms with Crippen molar-refractivity contribution in [2.45, 2.75) is 6.04 Å². The number of nitrogens with zero attached hydrogens (tertiary/aromatic N) is 2. The molecule has 0 radical (unpaired) electrons. The molecule has 1 aromatic rings.